The van der Waals surface area contributed by atoms with Gasteiger partial charge in [-0.05, 0) is 12.1 Å². The van der Waals surface area contributed by atoms with E-state index in [4.69, 9.17) is 0 Å². The second-order valence-corrected chi connectivity index (χ2v) is 5.11. The van der Waals surface area contributed by atoms with Crippen LogP contribution in [0.15, 0.2) is 46.2 Å². The highest BCUT2D eigenvalue weighted by Gasteiger charge is 2.13. The smallest absolute Gasteiger partial charge is 0.332 e. The molecule has 0 spiro atoms. The molecule has 0 unspecified atom stereocenters. The molecule has 0 radical (unpaired) electrons. The van der Waals surface area contributed by atoms with E-state index in [2.05, 4.69) is 10.3 Å². The molecule has 23 heavy (non-hydrogen) atoms. The van der Waals surface area contributed by atoms with Crippen molar-refractivity contribution in [3.05, 3.63) is 57.5 Å². The number of rotatable bonds is 4. The first kappa shape index (κ1) is 16.5. The van der Waals surface area contributed by atoms with Crippen molar-refractivity contribution in [1.82, 2.24) is 18.7 Å². The molecule has 0 amide bonds. The molecule has 0 saturated carbocycles. The van der Waals surface area contributed by atoms with Crippen molar-refractivity contribution in [1.29, 1.82) is 0 Å². The van der Waals surface area contributed by atoms with Gasteiger partial charge in [-0.1, -0.05) is 25.6 Å². The van der Waals surface area contributed by atoms with E-state index in [9.17, 15) is 9.59 Å². The van der Waals surface area contributed by atoms with E-state index in [0.29, 0.717) is 24.3 Å². The largest absolute Gasteiger partial charge is 0.383 e. The predicted octanol–water partition coefficient (Wildman–Crippen LogP) is 1.18. The molecule has 0 saturated heterocycles. The monoisotopic (exact) mass is 315 g/mol. The summed E-state index contributed by atoms with van der Waals surface area (Å²) < 4.78 is 4.26. The second-order valence-electron chi connectivity index (χ2n) is 5.11. The molecule has 1 aromatic carbocycles. The Balaban J connectivity index is 0.00000192. The Bertz CT molecular complexity index is 921. The van der Waals surface area contributed by atoms with Crippen LogP contribution in [-0.4, -0.2) is 25.2 Å². The summed E-state index contributed by atoms with van der Waals surface area (Å²) in [5, 5.41) is 3.28. The van der Waals surface area contributed by atoms with Gasteiger partial charge in [0.1, 0.15) is 0 Å². The highest BCUT2D eigenvalue weighted by molar-refractivity contribution is 5.69. The molecule has 0 aliphatic rings. The zero-order valence-electron chi connectivity index (χ0n) is 12.5. The van der Waals surface area contributed by atoms with Gasteiger partial charge in [-0.15, -0.1) is 0 Å². The number of nitrogens with zero attached hydrogens (tertiary/aromatic N) is 4. The molecular formula is C16H21N5O2. The summed E-state index contributed by atoms with van der Waals surface area (Å²) in [7, 11) is 3.09. The summed E-state index contributed by atoms with van der Waals surface area (Å²) in [6.45, 7) is 1.24. The van der Waals surface area contributed by atoms with Gasteiger partial charge < -0.3 is 9.88 Å². The fourth-order valence-electron chi connectivity index (χ4n) is 2.44. The number of benzene rings is 1. The molecule has 2 aromatic heterocycles. The highest BCUT2D eigenvalue weighted by atomic mass is 16.2. The van der Waals surface area contributed by atoms with Crippen LogP contribution in [0.1, 0.15) is 7.43 Å². The topological polar surface area (TPSA) is 73.8 Å². The highest BCUT2D eigenvalue weighted by Crippen LogP contribution is 2.07. The van der Waals surface area contributed by atoms with Crippen molar-refractivity contribution >= 4 is 16.9 Å². The summed E-state index contributed by atoms with van der Waals surface area (Å²) in [4.78, 5) is 28.4. The van der Waals surface area contributed by atoms with Gasteiger partial charge in [-0.3, -0.25) is 13.9 Å². The molecule has 7 heteroatoms. The Kier molecular flexibility index (Phi) is 4.68. The average molecular weight is 315 g/mol. The zero-order valence-corrected chi connectivity index (χ0v) is 12.5. The lowest BCUT2D eigenvalue weighted by Crippen LogP contribution is -2.37. The number of hydrogen-bond donors (Lipinski definition) is 1. The van der Waals surface area contributed by atoms with E-state index in [1.165, 1.54) is 11.6 Å². The van der Waals surface area contributed by atoms with Crippen LogP contribution >= 0.6 is 0 Å². The number of nitrogens with one attached hydrogen (secondary N) is 1. The van der Waals surface area contributed by atoms with Crippen LogP contribution in [-0.2, 0) is 20.6 Å². The fourth-order valence-corrected chi connectivity index (χ4v) is 2.44. The maximum atomic E-state index is 12.3. The SMILES string of the molecule is C.Cn1c(=O)c2c(ncn2CCNc2ccccc2)n(C)c1=O. The number of para-hydroxylation sites is 1. The third kappa shape index (κ3) is 2.90. The van der Waals surface area contributed by atoms with Crippen LogP contribution in [0, 0.1) is 0 Å². The first-order valence-electron chi connectivity index (χ1n) is 6.99. The zero-order chi connectivity index (χ0) is 15.7. The van der Waals surface area contributed by atoms with Crippen molar-refractivity contribution in [2.75, 3.05) is 11.9 Å². The van der Waals surface area contributed by atoms with Gasteiger partial charge in [0.2, 0.25) is 0 Å². The molecule has 2 heterocycles. The van der Waals surface area contributed by atoms with Gasteiger partial charge in [0.05, 0.1) is 6.33 Å². The fraction of sp³-hybridized carbons (Fsp3) is 0.312. The molecule has 1 N–H and O–H groups in total. The Labute approximate surface area is 133 Å². The van der Waals surface area contributed by atoms with E-state index in [1.54, 1.807) is 17.9 Å². The van der Waals surface area contributed by atoms with Gasteiger partial charge in [0.25, 0.3) is 5.56 Å². The van der Waals surface area contributed by atoms with E-state index in [0.717, 1.165) is 10.3 Å². The normalized spacial score (nSPS) is 10.5. The average Bonchev–Trinajstić information content (AvgIpc) is 2.96. The molecule has 122 valence electrons. The van der Waals surface area contributed by atoms with Crippen LogP contribution in [0.2, 0.25) is 0 Å². The molecular weight excluding hydrogens is 294 g/mol. The second kappa shape index (κ2) is 6.51. The minimum Gasteiger partial charge on any atom is -0.383 e. The van der Waals surface area contributed by atoms with E-state index >= 15 is 0 Å². The van der Waals surface area contributed by atoms with Gasteiger partial charge in [0, 0.05) is 32.9 Å². The van der Waals surface area contributed by atoms with Crippen LogP contribution in [0.3, 0.4) is 0 Å². The molecule has 0 atom stereocenters. The first-order valence-corrected chi connectivity index (χ1v) is 6.99. The van der Waals surface area contributed by atoms with Crippen LogP contribution in [0.25, 0.3) is 11.2 Å². The van der Waals surface area contributed by atoms with Crippen molar-refractivity contribution < 1.29 is 0 Å². The summed E-state index contributed by atoms with van der Waals surface area (Å²) in [6.07, 6.45) is 1.60. The summed E-state index contributed by atoms with van der Waals surface area (Å²) in [6, 6.07) is 9.84. The van der Waals surface area contributed by atoms with Crippen molar-refractivity contribution in [2.45, 2.75) is 14.0 Å². The Morgan fingerprint density at radius 1 is 1.09 bits per heavy atom. The van der Waals surface area contributed by atoms with Crippen molar-refractivity contribution in [2.24, 2.45) is 14.1 Å². The number of hydrogen-bond acceptors (Lipinski definition) is 4. The number of fused-ring (bicyclic) bond motifs is 1. The molecule has 3 aromatic rings. The molecule has 0 aliphatic heterocycles. The maximum absolute atomic E-state index is 12.3. The third-order valence-corrected chi connectivity index (χ3v) is 3.67. The Morgan fingerprint density at radius 3 is 2.48 bits per heavy atom. The van der Waals surface area contributed by atoms with Crippen molar-refractivity contribution in [3.8, 4) is 0 Å². The van der Waals surface area contributed by atoms with Gasteiger partial charge in [-0.25, -0.2) is 9.78 Å². The standard InChI is InChI=1S/C15H17N5O2.CH4/c1-18-13-12(14(21)19(2)15(18)22)20(10-17-13)9-8-16-11-6-4-3-5-7-11;/h3-7,10,16H,8-9H2,1-2H3;1H4. The van der Waals surface area contributed by atoms with Crippen molar-refractivity contribution in [3.63, 3.8) is 0 Å². The Hall–Kier alpha value is -2.83. The summed E-state index contributed by atoms with van der Waals surface area (Å²) >= 11 is 0. The molecule has 7 nitrogen and oxygen atoms in total. The van der Waals surface area contributed by atoms with Gasteiger partial charge in [-0.2, -0.15) is 0 Å². The molecule has 0 bridgehead atoms. The summed E-state index contributed by atoms with van der Waals surface area (Å²) in [5.41, 5.74) is 1.18. The van der Waals surface area contributed by atoms with E-state index in [1.807, 2.05) is 30.3 Å². The van der Waals surface area contributed by atoms with E-state index < -0.39 is 0 Å². The predicted molar refractivity (Wildman–Crippen MR) is 91.9 cm³/mol. The molecule has 0 aliphatic carbocycles. The number of aryl methyl sites for hydroxylation is 1. The first-order chi connectivity index (χ1) is 10.6. The van der Waals surface area contributed by atoms with Crippen LogP contribution < -0.4 is 16.6 Å². The van der Waals surface area contributed by atoms with Crippen LogP contribution in [0.5, 0.6) is 0 Å². The summed E-state index contributed by atoms with van der Waals surface area (Å²) in [5.74, 6) is 0. The Morgan fingerprint density at radius 2 is 1.78 bits per heavy atom. The molecule has 0 fully saturated rings. The van der Waals surface area contributed by atoms with Gasteiger partial charge >= 0.3 is 5.69 Å². The minimum absolute atomic E-state index is 0. The lowest BCUT2D eigenvalue weighted by atomic mass is 10.3. The lowest BCUT2D eigenvalue weighted by Gasteiger charge is -2.08. The number of anilines is 1. The third-order valence-electron chi connectivity index (χ3n) is 3.67. The quantitative estimate of drug-likeness (QED) is 0.784. The van der Waals surface area contributed by atoms with Gasteiger partial charge in [0.15, 0.2) is 11.2 Å². The number of imidazole rings is 1. The maximum Gasteiger partial charge on any atom is 0.332 e. The lowest BCUT2D eigenvalue weighted by molar-refractivity contribution is 0.695. The van der Waals surface area contributed by atoms with E-state index in [-0.39, 0.29) is 18.7 Å². The molecule has 3 rings (SSSR count). The minimum atomic E-state index is -0.370. The number of aromatic nitrogens is 4. The van der Waals surface area contributed by atoms with Crippen LogP contribution in [0.4, 0.5) is 5.69 Å².